The third kappa shape index (κ3) is 8.69. The second-order valence-corrected chi connectivity index (χ2v) is 11.1. The van der Waals surface area contributed by atoms with E-state index in [9.17, 15) is 14.4 Å². The minimum absolute atomic E-state index is 0.0991. The Kier molecular flexibility index (Phi) is 9.94. The van der Waals surface area contributed by atoms with Gasteiger partial charge in [0.1, 0.15) is 5.70 Å². The molecule has 0 radical (unpaired) electrons. The highest BCUT2D eigenvalue weighted by molar-refractivity contribution is 9.10. The average molecular weight is 615 g/mol. The largest absolute Gasteiger partial charge is 0.325 e. The zero-order valence-corrected chi connectivity index (χ0v) is 24.4. The smallest absolute Gasteiger partial charge is 0.272 e. The van der Waals surface area contributed by atoms with E-state index in [-0.39, 0.29) is 17.4 Å². The Bertz CT molecular complexity index is 1530. The van der Waals surface area contributed by atoms with E-state index in [1.807, 2.05) is 62.4 Å². The van der Waals surface area contributed by atoms with Gasteiger partial charge in [-0.05, 0) is 91.2 Å². The standard InChI is InChI=1S/C32H28BrN3O3S/c1-21-15-22(2)17-27(16-21)34-30(37)20-40-28-10-6-9-26(19-28)35-32(39)29(18-23-11-13-25(33)14-12-23)36-31(38)24-7-4-3-5-8-24/h3-19H,20H2,1-2H3,(H,34,37)(H,35,39)(H,36,38)/b29-18-. The topological polar surface area (TPSA) is 87.3 Å². The summed E-state index contributed by atoms with van der Waals surface area (Å²) in [5.74, 6) is -0.764. The number of anilines is 2. The van der Waals surface area contributed by atoms with Gasteiger partial charge in [0.05, 0.1) is 5.75 Å². The quantitative estimate of drug-likeness (QED) is 0.137. The summed E-state index contributed by atoms with van der Waals surface area (Å²) in [5, 5.41) is 8.54. The number of halogens is 1. The molecule has 3 N–H and O–H groups in total. The minimum Gasteiger partial charge on any atom is -0.325 e. The Morgan fingerprint density at radius 2 is 1.48 bits per heavy atom. The lowest BCUT2D eigenvalue weighted by atomic mass is 10.1. The number of carbonyl (C=O) groups is 3. The van der Waals surface area contributed by atoms with E-state index in [0.29, 0.717) is 11.3 Å². The fraction of sp³-hybridized carbons (Fsp3) is 0.0938. The maximum absolute atomic E-state index is 13.3. The van der Waals surface area contributed by atoms with Crippen LogP contribution >= 0.6 is 27.7 Å². The van der Waals surface area contributed by atoms with Crippen molar-refractivity contribution in [1.29, 1.82) is 0 Å². The highest BCUT2D eigenvalue weighted by atomic mass is 79.9. The molecular formula is C32H28BrN3O3S. The van der Waals surface area contributed by atoms with Crippen molar-refractivity contribution in [3.05, 3.63) is 129 Å². The van der Waals surface area contributed by atoms with Crippen molar-refractivity contribution >= 4 is 62.9 Å². The van der Waals surface area contributed by atoms with Gasteiger partial charge in [0, 0.05) is 26.3 Å². The molecular weight excluding hydrogens is 586 g/mol. The predicted molar refractivity (Wildman–Crippen MR) is 166 cm³/mol. The summed E-state index contributed by atoms with van der Waals surface area (Å²) in [5.41, 5.74) is 4.77. The highest BCUT2D eigenvalue weighted by Gasteiger charge is 2.15. The number of rotatable bonds is 9. The molecule has 4 aromatic carbocycles. The molecule has 8 heteroatoms. The molecule has 4 rings (SSSR count). The molecule has 0 heterocycles. The Morgan fingerprint density at radius 3 is 2.17 bits per heavy atom. The van der Waals surface area contributed by atoms with Gasteiger partial charge in [-0.2, -0.15) is 0 Å². The van der Waals surface area contributed by atoms with Crippen molar-refractivity contribution in [3.63, 3.8) is 0 Å². The van der Waals surface area contributed by atoms with Crippen LogP contribution in [0.5, 0.6) is 0 Å². The number of thioether (sulfide) groups is 1. The number of nitrogens with one attached hydrogen (secondary N) is 3. The Morgan fingerprint density at radius 1 is 0.775 bits per heavy atom. The van der Waals surface area contributed by atoms with Crippen LogP contribution in [0.1, 0.15) is 27.0 Å². The third-order valence-corrected chi connectivity index (χ3v) is 7.20. The lowest BCUT2D eigenvalue weighted by Gasteiger charge is -2.12. The summed E-state index contributed by atoms with van der Waals surface area (Å²) in [6.45, 7) is 3.98. The van der Waals surface area contributed by atoms with E-state index in [2.05, 4.69) is 37.9 Å². The molecule has 0 spiro atoms. The third-order valence-electron chi connectivity index (χ3n) is 5.68. The Labute approximate surface area is 246 Å². The van der Waals surface area contributed by atoms with Crippen LogP contribution in [0.15, 0.2) is 112 Å². The van der Waals surface area contributed by atoms with Gasteiger partial charge in [-0.1, -0.05) is 58.4 Å². The fourth-order valence-electron chi connectivity index (χ4n) is 3.92. The van der Waals surface area contributed by atoms with Crippen LogP contribution in [0.3, 0.4) is 0 Å². The summed E-state index contributed by atoms with van der Waals surface area (Å²) in [6, 6.07) is 29.3. The van der Waals surface area contributed by atoms with Crippen molar-refractivity contribution in [1.82, 2.24) is 5.32 Å². The first-order valence-corrected chi connectivity index (χ1v) is 14.3. The zero-order valence-electron chi connectivity index (χ0n) is 22.0. The molecule has 6 nitrogen and oxygen atoms in total. The monoisotopic (exact) mass is 613 g/mol. The van der Waals surface area contributed by atoms with Gasteiger partial charge in [0.15, 0.2) is 0 Å². The highest BCUT2D eigenvalue weighted by Crippen LogP contribution is 2.23. The molecule has 0 atom stereocenters. The van der Waals surface area contributed by atoms with E-state index in [1.54, 1.807) is 48.5 Å². The maximum atomic E-state index is 13.3. The molecule has 3 amide bonds. The molecule has 0 fully saturated rings. The van der Waals surface area contributed by atoms with E-state index < -0.39 is 11.8 Å². The van der Waals surface area contributed by atoms with Gasteiger partial charge in [-0.25, -0.2) is 0 Å². The van der Waals surface area contributed by atoms with Crippen molar-refractivity contribution < 1.29 is 14.4 Å². The second-order valence-electron chi connectivity index (χ2n) is 9.12. The number of hydrogen-bond acceptors (Lipinski definition) is 4. The summed E-state index contributed by atoms with van der Waals surface area (Å²) >= 11 is 4.77. The van der Waals surface area contributed by atoms with Crippen molar-refractivity contribution in [2.24, 2.45) is 0 Å². The molecule has 202 valence electrons. The number of amides is 3. The normalized spacial score (nSPS) is 11.0. The van der Waals surface area contributed by atoms with Crippen LogP contribution in [0.2, 0.25) is 0 Å². The molecule has 0 aliphatic heterocycles. The Hall–Kier alpha value is -4.14. The molecule has 0 saturated carbocycles. The molecule has 0 saturated heterocycles. The number of aryl methyl sites for hydroxylation is 2. The first-order chi connectivity index (χ1) is 19.2. The second kappa shape index (κ2) is 13.8. The van der Waals surface area contributed by atoms with Crippen molar-refractivity contribution in [3.8, 4) is 0 Å². The number of carbonyl (C=O) groups excluding carboxylic acids is 3. The van der Waals surface area contributed by atoms with Gasteiger partial charge in [0.2, 0.25) is 5.91 Å². The van der Waals surface area contributed by atoms with Crippen LogP contribution in [-0.2, 0) is 9.59 Å². The summed E-state index contributed by atoms with van der Waals surface area (Å²) < 4.78 is 0.904. The molecule has 40 heavy (non-hydrogen) atoms. The van der Waals surface area contributed by atoms with Crippen LogP contribution in [0, 0.1) is 13.8 Å². The van der Waals surface area contributed by atoms with Gasteiger partial charge in [0.25, 0.3) is 11.8 Å². The van der Waals surface area contributed by atoms with Crippen LogP contribution in [0.25, 0.3) is 6.08 Å². The molecule has 0 unspecified atom stereocenters. The van der Waals surface area contributed by atoms with E-state index in [0.717, 1.165) is 31.7 Å². The SMILES string of the molecule is Cc1cc(C)cc(NC(=O)CSc2cccc(NC(=O)/C(=C/c3ccc(Br)cc3)NC(=O)c3ccccc3)c2)c1. The summed E-state index contributed by atoms with van der Waals surface area (Å²) in [7, 11) is 0. The van der Waals surface area contributed by atoms with Gasteiger partial charge in [-0.15, -0.1) is 11.8 Å². The molecule has 0 aliphatic carbocycles. The summed E-state index contributed by atoms with van der Waals surface area (Å²) in [6.07, 6.45) is 1.62. The number of benzene rings is 4. The lowest BCUT2D eigenvalue weighted by Crippen LogP contribution is -2.30. The van der Waals surface area contributed by atoms with Crippen molar-refractivity contribution in [2.45, 2.75) is 18.7 Å². The molecule has 4 aromatic rings. The van der Waals surface area contributed by atoms with E-state index >= 15 is 0 Å². The van der Waals surface area contributed by atoms with Gasteiger partial charge < -0.3 is 16.0 Å². The van der Waals surface area contributed by atoms with Crippen LogP contribution < -0.4 is 16.0 Å². The maximum Gasteiger partial charge on any atom is 0.272 e. The molecule has 0 bridgehead atoms. The first-order valence-electron chi connectivity index (χ1n) is 12.5. The average Bonchev–Trinajstić information content (AvgIpc) is 2.93. The van der Waals surface area contributed by atoms with Crippen LogP contribution in [-0.4, -0.2) is 23.5 Å². The molecule has 0 aromatic heterocycles. The van der Waals surface area contributed by atoms with E-state index in [4.69, 9.17) is 0 Å². The predicted octanol–water partition coefficient (Wildman–Crippen LogP) is 7.21. The fourth-order valence-corrected chi connectivity index (χ4v) is 4.94. The van der Waals surface area contributed by atoms with Crippen LogP contribution in [0.4, 0.5) is 11.4 Å². The lowest BCUT2D eigenvalue weighted by molar-refractivity contribution is -0.114. The summed E-state index contributed by atoms with van der Waals surface area (Å²) in [4.78, 5) is 39.5. The van der Waals surface area contributed by atoms with Crippen molar-refractivity contribution in [2.75, 3.05) is 16.4 Å². The minimum atomic E-state index is -0.470. The number of hydrogen-bond donors (Lipinski definition) is 3. The van der Waals surface area contributed by atoms with Gasteiger partial charge >= 0.3 is 0 Å². The van der Waals surface area contributed by atoms with Gasteiger partial charge in [-0.3, -0.25) is 14.4 Å². The Balaban J connectivity index is 1.44. The zero-order chi connectivity index (χ0) is 28.5. The van der Waals surface area contributed by atoms with E-state index in [1.165, 1.54) is 11.8 Å². The first kappa shape index (κ1) is 28.9. The molecule has 0 aliphatic rings.